The van der Waals surface area contributed by atoms with Gasteiger partial charge in [-0.25, -0.2) is 0 Å². The van der Waals surface area contributed by atoms with Crippen molar-refractivity contribution in [2.24, 2.45) is 0 Å². The van der Waals surface area contributed by atoms with Crippen LogP contribution in [0.3, 0.4) is 0 Å². The maximum atomic E-state index is 10.3. The molecule has 1 nitrogen and oxygen atoms in total. The maximum Gasteiger partial charge on any atom is 0.119 e. The van der Waals surface area contributed by atoms with Crippen molar-refractivity contribution in [3.05, 3.63) is 42.0 Å². The van der Waals surface area contributed by atoms with E-state index in [0.717, 1.165) is 25.5 Å². The van der Waals surface area contributed by atoms with Crippen LogP contribution in [0.25, 0.3) is 0 Å². The standard InChI is InChI=1S/C18H28OSSi/c1-16(12-8-5-6-11-15-19)18(21(2,3)4)20-17-13-9-7-10-14-17/h7,9-10,12-15,18H,5-6,8,11H2,1-4H3/b16-12+. The van der Waals surface area contributed by atoms with Gasteiger partial charge >= 0.3 is 0 Å². The Kier molecular flexibility index (Phi) is 8.05. The van der Waals surface area contributed by atoms with Crippen LogP contribution in [-0.4, -0.2) is 19.2 Å². The van der Waals surface area contributed by atoms with Crippen molar-refractivity contribution in [2.45, 2.75) is 62.0 Å². The second-order valence-electron chi connectivity index (χ2n) is 6.58. The fourth-order valence-corrected chi connectivity index (χ4v) is 6.57. The monoisotopic (exact) mass is 320 g/mol. The number of rotatable bonds is 9. The summed E-state index contributed by atoms with van der Waals surface area (Å²) >= 11 is 2.01. The number of thioether (sulfide) groups is 1. The molecule has 1 aromatic rings. The molecule has 0 aliphatic heterocycles. The van der Waals surface area contributed by atoms with Gasteiger partial charge in [-0.15, -0.1) is 11.8 Å². The van der Waals surface area contributed by atoms with Crippen LogP contribution in [0, 0.1) is 0 Å². The van der Waals surface area contributed by atoms with Gasteiger partial charge in [-0.1, -0.05) is 49.5 Å². The van der Waals surface area contributed by atoms with Gasteiger partial charge in [0.05, 0.1) is 8.07 Å². The molecular formula is C18H28OSSi. The zero-order chi connectivity index (χ0) is 15.7. The molecule has 1 aromatic carbocycles. The minimum Gasteiger partial charge on any atom is -0.303 e. The molecule has 0 saturated heterocycles. The SMILES string of the molecule is C/C(=C\CCCCC=O)C(Sc1ccccc1)[Si](C)(C)C. The summed E-state index contributed by atoms with van der Waals surface area (Å²) in [6.07, 6.45) is 7.33. The van der Waals surface area contributed by atoms with Crippen molar-refractivity contribution in [3.8, 4) is 0 Å². The van der Waals surface area contributed by atoms with Crippen LogP contribution >= 0.6 is 11.8 Å². The smallest absolute Gasteiger partial charge is 0.119 e. The van der Waals surface area contributed by atoms with Gasteiger partial charge in [0.25, 0.3) is 0 Å². The van der Waals surface area contributed by atoms with Gasteiger partial charge in [0.2, 0.25) is 0 Å². The van der Waals surface area contributed by atoms with E-state index in [1.54, 1.807) is 0 Å². The first kappa shape index (κ1) is 18.2. The van der Waals surface area contributed by atoms with Gasteiger partial charge in [0, 0.05) is 16.2 Å². The molecule has 0 bridgehead atoms. The van der Waals surface area contributed by atoms with Crippen LogP contribution in [0.4, 0.5) is 0 Å². The molecular weight excluding hydrogens is 292 g/mol. The topological polar surface area (TPSA) is 17.1 Å². The lowest BCUT2D eigenvalue weighted by atomic mass is 10.1. The third-order valence-electron chi connectivity index (χ3n) is 3.44. The Balaban J connectivity index is 2.69. The lowest BCUT2D eigenvalue weighted by Gasteiger charge is -2.29. The third kappa shape index (κ3) is 7.14. The van der Waals surface area contributed by atoms with Crippen molar-refractivity contribution in [1.82, 2.24) is 0 Å². The number of hydrogen-bond acceptors (Lipinski definition) is 2. The highest BCUT2D eigenvalue weighted by atomic mass is 32.2. The Hall–Kier alpha value is -0.803. The Bertz CT molecular complexity index is 448. The second-order valence-corrected chi connectivity index (χ2v) is 13.5. The largest absolute Gasteiger partial charge is 0.303 e. The van der Waals surface area contributed by atoms with Crippen LogP contribution in [0.1, 0.15) is 32.6 Å². The molecule has 1 unspecified atom stereocenters. The van der Waals surface area contributed by atoms with Crippen molar-refractivity contribution >= 4 is 26.1 Å². The van der Waals surface area contributed by atoms with Gasteiger partial charge in [-0.2, -0.15) is 0 Å². The van der Waals surface area contributed by atoms with E-state index in [1.807, 2.05) is 11.8 Å². The average molecular weight is 321 g/mol. The Morgan fingerprint density at radius 1 is 1.14 bits per heavy atom. The molecule has 0 radical (unpaired) electrons. The number of unbranched alkanes of at least 4 members (excludes halogenated alkanes) is 3. The molecule has 0 aromatic heterocycles. The van der Waals surface area contributed by atoms with E-state index in [-0.39, 0.29) is 0 Å². The summed E-state index contributed by atoms with van der Waals surface area (Å²) in [5.74, 6) is 0. The van der Waals surface area contributed by atoms with Crippen molar-refractivity contribution in [1.29, 1.82) is 0 Å². The highest BCUT2D eigenvalue weighted by Gasteiger charge is 2.28. The van der Waals surface area contributed by atoms with Crippen molar-refractivity contribution < 1.29 is 4.79 Å². The summed E-state index contributed by atoms with van der Waals surface area (Å²) in [5, 5.41) is 0. The van der Waals surface area contributed by atoms with Crippen LogP contribution in [-0.2, 0) is 4.79 Å². The van der Waals surface area contributed by atoms with Crippen molar-refractivity contribution in [2.75, 3.05) is 0 Å². The zero-order valence-corrected chi connectivity index (χ0v) is 15.6. The van der Waals surface area contributed by atoms with Gasteiger partial charge in [-0.3, -0.25) is 0 Å². The summed E-state index contributed by atoms with van der Waals surface area (Å²) < 4.78 is 0. The normalized spacial score (nSPS) is 14.0. The molecule has 116 valence electrons. The number of allylic oxidation sites excluding steroid dienone is 1. The van der Waals surface area contributed by atoms with E-state index in [1.165, 1.54) is 10.5 Å². The van der Waals surface area contributed by atoms with E-state index in [0.29, 0.717) is 11.3 Å². The Morgan fingerprint density at radius 2 is 1.76 bits per heavy atom. The van der Waals surface area contributed by atoms with E-state index in [2.05, 4.69) is 63.0 Å². The molecule has 0 N–H and O–H groups in total. The predicted octanol–water partition coefficient (Wildman–Crippen LogP) is 5.73. The molecule has 0 aliphatic rings. The summed E-state index contributed by atoms with van der Waals surface area (Å²) in [6, 6.07) is 10.7. The summed E-state index contributed by atoms with van der Waals surface area (Å²) in [7, 11) is -1.27. The molecule has 0 aliphatic carbocycles. The Morgan fingerprint density at radius 3 is 2.33 bits per heavy atom. The van der Waals surface area contributed by atoms with Crippen molar-refractivity contribution in [3.63, 3.8) is 0 Å². The maximum absolute atomic E-state index is 10.3. The van der Waals surface area contributed by atoms with Gasteiger partial charge in [0.15, 0.2) is 0 Å². The first-order valence-corrected chi connectivity index (χ1v) is 12.2. The van der Waals surface area contributed by atoms with Gasteiger partial charge in [0.1, 0.15) is 6.29 Å². The molecule has 21 heavy (non-hydrogen) atoms. The highest BCUT2D eigenvalue weighted by molar-refractivity contribution is 8.01. The van der Waals surface area contributed by atoms with E-state index < -0.39 is 8.07 Å². The molecule has 0 heterocycles. The van der Waals surface area contributed by atoms with Crippen LogP contribution < -0.4 is 0 Å². The lowest BCUT2D eigenvalue weighted by Crippen LogP contribution is -2.36. The summed E-state index contributed by atoms with van der Waals surface area (Å²) in [5.41, 5.74) is 1.51. The third-order valence-corrected chi connectivity index (χ3v) is 9.09. The first-order chi connectivity index (χ1) is 9.95. The van der Waals surface area contributed by atoms with Gasteiger partial charge in [-0.05, 0) is 38.3 Å². The number of hydrogen-bond donors (Lipinski definition) is 0. The molecule has 0 amide bonds. The number of carbonyl (C=O) groups excluding carboxylic acids is 1. The summed E-state index contributed by atoms with van der Waals surface area (Å²) in [4.78, 5) is 12.3. The van der Waals surface area contributed by atoms with Crippen LogP contribution in [0.15, 0.2) is 46.9 Å². The van der Waals surface area contributed by atoms with Crippen LogP contribution in [0.2, 0.25) is 19.6 Å². The minimum atomic E-state index is -1.27. The van der Waals surface area contributed by atoms with Gasteiger partial charge < -0.3 is 4.79 Å². The molecule has 1 atom stereocenters. The quantitative estimate of drug-likeness (QED) is 0.190. The fourth-order valence-electron chi connectivity index (χ4n) is 2.40. The van der Waals surface area contributed by atoms with Crippen LogP contribution in [0.5, 0.6) is 0 Å². The zero-order valence-electron chi connectivity index (χ0n) is 13.8. The average Bonchev–Trinajstić information content (AvgIpc) is 2.44. The van der Waals surface area contributed by atoms with E-state index in [9.17, 15) is 4.79 Å². The van der Waals surface area contributed by atoms with E-state index >= 15 is 0 Å². The molecule has 0 fully saturated rings. The van der Waals surface area contributed by atoms with E-state index in [4.69, 9.17) is 0 Å². The lowest BCUT2D eigenvalue weighted by molar-refractivity contribution is -0.107. The number of carbonyl (C=O) groups is 1. The second kappa shape index (κ2) is 9.26. The molecule has 0 spiro atoms. The first-order valence-electron chi connectivity index (χ1n) is 7.77. The molecule has 3 heteroatoms. The molecule has 1 rings (SSSR count). The predicted molar refractivity (Wildman–Crippen MR) is 97.7 cm³/mol. The number of benzene rings is 1. The molecule has 0 saturated carbocycles. The summed E-state index contributed by atoms with van der Waals surface area (Å²) in [6.45, 7) is 9.60. The Labute approximate surface area is 135 Å². The minimum absolute atomic E-state index is 0.617. The number of aldehydes is 1. The highest BCUT2D eigenvalue weighted by Crippen LogP contribution is 2.34. The fraction of sp³-hybridized carbons (Fsp3) is 0.500.